The molecule has 1 atom stereocenters. The smallest absolute Gasteiger partial charge is 0.378 e. The van der Waals surface area contributed by atoms with Gasteiger partial charge in [-0.3, -0.25) is 9.59 Å². The summed E-state index contributed by atoms with van der Waals surface area (Å²) in [7, 11) is 1.38. The van der Waals surface area contributed by atoms with E-state index < -0.39 is 34.7 Å². The van der Waals surface area contributed by atoms with Gasteiger partial charge in [0.15, 0.2) is 5.82 Å². The van der Waals surface area contributed by atoms with Gasteiger partial charge in [-0.2, -0.15) is 23.4 Å². The quantitative estimate of drug-likeness (QED) is 0.394. The van der Waals surface area contributed by atoms with Crippen LogP contribution in [0.15, 0.2) is 52.4 Å². The molecule has 1 aromatic carbocycles. The van der Waals surface area contributed by atoms with E-state index in [0.29, 0.717) is 32.4 Å². The number of pyridine rings is 1. The van der Waals surface area contributed by atoms with Crippen LogP contribution in [0.2, 0.25) is 0 Å². The van der Waals surface area contributed by atoms with Gasteiger partial charge in [-0.05, 0) is 19.1 Å². The maximum atomic E-state index is 14.9. The molecule has 200 valence electrons. The summed E-state index contributed by atoms with van der Waals surface area (Å²) >= 11 is 0. The molecule has 0 amide bonds. The third-order valence-electron chi connectivity index (χ3n) is 6.36. The van der Waals surface area contributed by atoms with Crippen LogP contribution in [0.4, 0.5) is 23.4 Å². The van der Waals surface area contributed by atoms with Crippen LogP contribution in [0.3, 0.4) is 0 Å². The number of ether oxygens (including phenoxy) is 1. The first-order valence-corrected chi connectivity index (χ1v) is 11.7. The first-order chi connectivity index (χ1) is 18.1. The van der Waals surface area contributed by atoms with Crippen molar-refractivity contribution in [3.05, 3.63) is 80.5 Å². The Kier molecular flexibility index (Phi) is 6.42. The van der Waals surface area contributed by atoms with E-state index in [1.165, 1.54) is 48.0 Å². The lowest BCUT2D eigenvalue weighted by Crippen LogP contribution is -2.49. The lowest BCUT2D eigenvalue weighted by atomic mass is 10.0. The molecule has 1 fully saturated rings. The summed E-state index contributed by atoms with van der Waals surface area (Å²) in [4.78, 5) is 26.9. The summed E-state index contributed by atoms with van der Waals surface area (Å²) in [5.74, 6) is -1.33. The Morgan fingerprint density at radius 3 is 2.50 bits per heavy atom. The number of fused-ring (bicyclic) bond motifs is 1. The number of benzene rings is 1. The molecule has 0 unspecified atom stereocenters. The van der Waals surface area contributed by atoms with Gasteiger partial charge in [-0.15, -0.1) is 0 Å². The van der Waals surface area contributed by atoms with Crippen LogP contribution in [0, 0.1) is 5.82 Å². The zero-order chi connectivity index (χ0) is 27.2. The second-order valence-electron chi connectivity index (χ2n) is 8.78. The Balaban J connectivity index is 1.72. The highest BCUT2D eigenvalue weighted by Crippen LogP contribution is 2.35. The van der Waals surface area contributed by atoms with Crippen LogP contribution < -0.4 is 21.4 Å². The van der Waals surface area contributed by atoms with Gasteiger partial charge in [-0.1, -0.05) is 12.1 Å². The molecule has 4 aromatic rings. The highest BCUT2D eigenvalue weighted by molar-refractivity contribution is 5.95. The van der Waals surface area contributed by atoms with Gasteiger partial charge in [0, 0.05) is 31.2 Å². The molecule has 4 heterocycles. The number of rotatable bonds is 5. The molecule has 10 nitrogen and oxygen atoms in total. The minimum atomic E-state index is -4.87. The van der Waals surface area contributed by atoms with E-state index in [9.17, 15) is 27.2 Å². The van der Waals surface area contributed by atoms with E-state index in [1.54, 1.807) is 11.1 Å². The molecule has 0 saturated carbocycles. The van der Waals surface area contributed by atoms with Gasteiger partial charge in [0.05, 0.1) is 48.7 Å². The predicted octanol–water partition coefficient (Wildman–Crippen LogP) is 2.58. The van der Waals surface area contributed by atoms with Crippen LogP contribution in [0.5, 0.6) is 0 Å². The third kappa shape index (κ3) is 4.40. The van der Waals surface area contributed by atoms with Crippen molar-refractivity contribution in [3.63, 3.8) is 0 Å². The number of halogens is 4. The molecule has 14 heteroatoms. The Hall–Kier alpha value is -4.20. The number of anilines is 1. The van der Waals surface area contributed by atoms with E-state index in [-0.39, 0.29) is 27.8 Å². The fraction of sp³-hybridized carbons (Fsp3) is 0.333. The second kappa shape index (κ2) is 9.59. The monoisotopic (exact) mass is 533 g/mol. The number of nitrogens with one attached hydrogen (secondary N) is 1. The van der Waals surface area contributed by atoms with Crippen molar-refractivity contribution >= 4 is 16.6 Å². The van der Waals surface area contributed by atoms with E-state index in [2.05, 4.69) is 15.5 Å². The molecular formula is C24H23F4N7O3. The zero-order valence-corrected chi connectivity index (χ0v) is 20.4. The topological polar surface area (TPSA) is 99.2 Å². The molecule has 1 N–H and O–H groups in total. The zero-order valence-electron chi connectivity index (χ0n) is 20.4. The molecular weight excluding hydrogens is 510 g/mol. The van der Waals surface area contributed by atoms with Crippen molar-refractivity contribution in [2.45, 2.75) is 19.1 Å². The number of hydrogen-bond acceptors (Lipinski definition) is 7. The predicted molar refractivity (Wildman–Crippen MR) is 131 cm³/mol. The Bertz CT molecular complexity index is 1610. The van der Waals surface area contributed by atoms with E-state index in [4.69, 9.17) is 4.74 Å². The number of aryl methyl sites for hydroxylation is 1. The number of nitrogens with zero attached hydrogens (tertiary/aromatic N) is 6. The highest BCUT2D eigenvalue weighted by atomic mass is 19.4. The van der Waals surface area contributed by atoms with E-state index >= 15 is 0 Å². The summed E-state index contributed by atoms with van der Waals surface area (Å²) in [6.07, 6.45) is -0.440. The fourth-order valence-corrected chi connectivity index (χ4v) is 4.48. The Labute approximate surface area is 212 Å². The molecule has 1 aliphatic rings. The lowest BCUT2D eigenvalue weighted by Gasteiger charge is -2.31. The van der Waals surface area contributed by atoms with Crippen LogP contribution in [0.1, 0.15) is 24.1 Å². The largest absolute Gasteiger partial charge is 0.419 e. The summed E-state index contributed by atoms with van der Waals surface area (Å²) < 4.78 is 63.8. The molecule has 0 bridgehead atoms. The van der Waals surface area contributed by atoms with Gasteiger partial charge >= 0.3 is 6.18 Å². The van der Waals surface area contributed by atoms with Gasteiger partial charge in [-0.25, -0.2) is 18.4 Å². The number of morpholine rings is 1. The van der Waals surface area contributed by atoms with Crippen molar-refractivity contribution < 1.29 is 22.3 Å². The molecule has 0 aliphatic carbocycles. The normalized spacial score (nSPS) is 15.2. The summed E-state index contributed by atoms with van der Waals surface area (Å²) in [5, 5.41) is 13.3. The molecule has 1 aliphatic heterocycles. The molecule has 1 saturated heterocycles. The fourth-order valence-electron chi connectivity index (χ4n) is 4.48. The lowest BCUT2D eigenvalue weighted by molar-refractivity contribution is -0.140. The standard InChI is InChI=1S/C24H23F4N7O3/c1-14(15-5-3-6-17(19(15)25)24(26,27)28)30-21-16-13-35(33-9-11-38-12-10-33)23(37)20(34-8-4-7-29-34)18(16)22(36)32(2)31-21/h3-8,13-14H,9-12H2,1-2H3,(H,30,31)/t14-/m1/s1. The minimum absolute atomic E-state index is 0.0000707. The summed E-state index contributed by atoms with van der Waals surface area (Å²) in [6, 6.07) is 3.65. The van der Waals surface area contributed by atoms with Crippen molar-refractivity contribution in [1.29, 1.82) is 0 Å². The second-order valence-corrected chi connectivity index (χ2v) is 8.78. The average molecular weight is 533 g/mol. The Morgan fingerprint density at radius 1 is 1.11 bits per heavy atom. The van der Waals surface area contributed by atoms with Crippen molar-refractivity contribution in [2.75, 3.05) is 36.6 Å². The van der Waals surface area contributed by atoms with Crippen molar-refractivity contribution in [2.24, 2.45) is 7.05 Å². The van der Waals surface area contributed by atoms with Crippen molar-refractivity contribution in [3.8, 4) is 5.69 Å². The van der Waals surface area contributed by atoms with Crippen LogP contribution in [-0.2, 0) is 18.0 Å². The molecule has 0 radical (unpaired) electrons. The van der Waals surface area contributed by atoms with Crippen LogP contribution >= 0.6 is 0 Å². The maximum Gasteiger partial charge on any atom is 0.419 e. The first-order valence-electron chi connectivity index (χ1n) is 11.7. The maximum absolute atomic E-state index is 14.9. The number of alkyl halides is 3. The van der Waals surface area contributed by atoms with Gasteiger partial charge < -0.3 is 15.1 Å². The number of aromatic nitrogens is 5. The SMILES string of the molecule is C[C@@H](Nc1nn(C)c(=O)c2c(-n3cccn3)c(=O)n(N3CCOCC3)cc12)c1cccc(C(F)(F)F)c1F. The van der Waals surface area contributed by atoms with Crippen LogP contribution in [-0.4, -0.2) is 50.5 Å². The molecule has 0 spiro atoms. The van der Waals surface area contributed by atoms with Crippen molar-refractivity contribution in [1.82, 2.24) is 24.2 Å². The molecule has 38 heavy (non-hydrogen) atoms. The van der Waals surface area contributed by atoms with E-state index in [1.807, 2.05) is 0 Å². The van der Waals surface area contributed by atoms with E-state index in [0.717, 1.165) is 10.7 Å². The van der Waals surface area contributed by atoms with Gasteiger partial charge in [0.25, 0.3) is 11.1 Å². The molecule has 5 rings (SSSR count). The average Bonchev–Trinajstić information content (AvgIpc) is 3.41. The van der Waals surface area contributed by atoms with Gasteiger partial charge in [0.2, 0.25) is 0 Å². The van der Waals surface area contributed by atoms with Crippen LogP contribution in [0.25, 0.3) is 16.5 Å². The number of hydrogen-bond donors (Lipinski definition) is 1. The summed E-state index contributed by atoms with van der Waals surface area (Å²) in [6.45, 7) is 3.04. The minimum Gasteiger partial charge on any atom is -0.378 e. The van der Waals surface area contributed by atoms with Gasteiger partial charge in [0.1, 0.15) is 11.5 Å². The summed E-state index contributed by atoms with van der Waals surface area (Å²) in [5.41, 5.74) is -2.74. The molecule has 3 aromatic heterocycles. The third-order valence-corrected chi connectivity index (χ3v) is 6.36. The highest BCUT2D eigenvalue weighted by Gasteiger charge is 2.35. The Morgan fingerprint density at radius 2 is 1.84 bits per heavy atom. The first kappa shape index (κ1) is 25.4.